The number of hydrogen-bond acceptors (Lipinski definition) is 5. The lowest BCUT2D eigenvalue weighted by atomic mass is 10.2. The molecule has 0 saturated carbocycles. The predicted octanol–water partition coefficient (Wildman–Crippen LogP) is 5.18. The number of hydrogen-bond donors (Lipinski definition) is 0. The van der Waals surface area contributed by atoms with E-state index in [1.807, 2.05) is 12.1 Å². The van der Waals surface area contributed by atoms with Gasteiger partial charge >= 0.3 is 0 Å². The molecule has 0 bridgehead atoms. The summed E-state index contributed by atoms with van der Waals surface area (Å²) in [5.74, 6) is 0. The number of thiocarbonyl (C=S) groups is 1. The Balaban J connectivity index is 1.72. The van der Waals surface area contributed by atoms with Gasteiger partial charge in [-0.3, -0.25) is 4.31 Å². The number of rotatable bonds is 5. The number of benzene rings is 1. The molecule has 2 saturated heterocycles. The van der Waals surface area contributed by atoms with E-state index in [2.05, 4.69) is 38.8 Å². The summed E-state index contributed by atoms with van der Waals surface area (Å²) < 4.78 is 34.4. The molecule has 1 aromatic rings. The molecule has 0 amide bonds. The molecular weight excluding hydrogens is 432 g/mol. The van der Waals surface area contributed by atoms with Gasteiger partial charge in [0.15, 0.2) is 8.32 Å². The van der Waals surface area contributed by atoms with Crippen LogP contribution in [-0.4, -0.2) is 51.8 Å². The predicted molar refractivity (Wildman–Crippen MR) is 130 cm³/mol. The third-order valence-electron chi connectivity index (χ3n) is 6.71. The Kier molecular flexibility index (Phi) is 7.01. The molecule has 168 valence electrons. The number of nitrogens with zero attached hydrogens (tertiary/aromatic N) is 2. The Labute approximate surface area is 189 Å². The summed E-state index contributed by atoms with van der Waals surface area (Å²) in [7, 11) is -5.64. The van der Waals surface area contributed by atoms with Crippen LogP contribution in [0.2, 0.25) is 18.1 Å². The Morgan fingerprint density at radius 1 is 1.03 bits per heavy atom. The quantitative estimate of drug-likeness (QED) is 0.440. The average Bonchev–Trinajstić information content (AvgIpc) is 2.86. The zero-order valence-electron chi connectivity index (χ0n) is 19.0. The van der Waals surface area contributed by atoms with E-state index in [1.165, 1.54) is 30.0 Å². The topological polar surface area (TPSA) is 49.9 Å². The first kappa shape index (κ1) is 23.7. The molecule has 2 aliphatic rings. The van der Waals surface area contributed by atoms with Crippen molar-refractivity contribution in [3.63, 3.8) is 0 Å². The molecule has 0 aromatic heterocycles. The lowest BCUT2D eigenvalue weighted by Crippen LogP contribution is -2.44. The summed E-state index contributed by atoms with van der Waals surface area (Å²) in [5.41, 5.74) is 1.10. The van der Waals surface area contributed by atoms with Crippen molar-refractivity contribution < 1.29 is 12.8 Å². The van der Waals surface area contributed by atoms with Crippen LogP contribution in [-0.2, 0) is 14.4 Å². The van der Waals surface area contributed by atoms with Crippen LogP contribution in [0.1, 0.15) is 52.9 Å². The number of sulfonamides is 1. The molecule has 0 N–H and O–H groups in total. The van der Waals surface area contributed by atoms with Crippen LogP contribution < -0.4 is 4.90 Å². The standard InChI is InChI=1S/C22H36N2O3S2Si/c1-22(2,3)30(4,5)27-19-16-21(28)24(17-19)29(25,26)20-12-10-18(11-13-20)23-14-8-6-7-9-15-23/h10-13,19H,6-9,14-17H2,1-5H3. The molecule has 1 aromatic carbocycles. The van der Waals surface area contributed by atoms with E-state index < -0.39 is 18.3 Å². The van der Waals surface area contributed by atoms with E-state index in [-0.39, 0.29) is 11.1 Å². The molecule has 1 unspecified atom stereocenters. The van der Waals surface area contributed by atoms with Gasteiger partial charge in [0.2, 0.25) is 0 Å². The molecule has 2 heterocycles. The normalized spacial score (nSPS) is 21.8. The van der Waals surface area contributed by atoms with Crippen LogP contribution in [0.5, 0.6) is 0 Å². The maximum absolute atomic E-state index is 13.3. The minimum absolute atomic E-state index is 0.0735. The van der Waals surface area contributed by atoms with E-state index in [0.29, 0.717) is 22.8 Å². The highest BCUT2D eigenvalue weighted by Gasteiger charge is 2.43. The van der Waals surface area contributed by atoms with Gasteiger partial charge in [0.25, 0.3) is 10.0 Å². The largest absolute Gasteiger partial charge is 0.412 e. The van der Waals surface area contributed by atoms with Gasteiger partial charge in [0.1, 0.15) is 0 Å². The second kappa shape index (κ2) is 8.88. The Hall–Kier alpha value is -0.963. The van der Waals surface area contributed by atoms with Gasteiger partial charge in [-0.05, 0) is 55.2 Å². The van der Waals surface area contributed by atoms with Crippen LogP contribution in [0.3, 0.4) is 0 Å². The third kappa shape index (κ3) is 5.09. The average molecular weight is 469 g/mol. The van der Waals surface area contributed by atoms with Crippen molar-refractivity contribution in [1.29, 1.82) is 0 Å². The molecule has 5 nitrogen and oxygen atoms in total. The van der Waals surface area contributed by atoms with E-state index in [9.17, 15) is 8.42 Å². The molecule has 3 rings (SSSR count). The van der Waals surface area contributed by atoms with Gasteiger partial charge in [0, 0.05) is 25.2 Å². The lowest BCUT2D eigenvalue weighted by Gasteiger charge is -2.38. The van der Waals surface area contributed by atoms with Crippen molar-refractivity contribution in [2.75, 3.05) is 24.5 Å². The molecule has 0 spiro atoms. The molecule has 8 heteroatoms. The number of anilines is 1. The van der Waals surface area contributed by atoms with Crippen molar-refractivity contribution in [2.45, 2.75) is 82.0 Å². The minimum Gasteiger partial charge on any atom is -0.412 e. The van der Waals surface area contributed by atoms with Gasteiger partial charge in [-0.2, -0.15) is 0 Å². The van der Waals surface area contributed by atoms with Crippen LogP contribution in [0.15, 0.2) is 29.2 Å². The fourth-order valence-electron chi connectivity index (χ4n) is 3.84. The second-order valence-corrected chi connectivity index (χ2v) is 17.1. The molecule has 0 radical (unpaired) electrons. The summed E-state index contributed by atoms with van der Waals surface area (Å²) in [6.07, 6.45) is 5.26. The van der Waals surface area contributed by atoms with Gasteiger partial charge < -0.3 is 9.33 Å². The molecule has 1 atom stereocenters. The molecule has 0 aliphatic carbocycles. The van der Waals surface area contributed by atoms with E-state index >= 15 is 0 Å². The van der Waals surface area contributed by atoms with Gasteiger partial charge in [-0.25, -0.2) is 8.42 Å². The van der Waals surface area contributed by atoms with Crippen molar-refractivity contribution >= 4 is 41.2 Å². The summed E-state index contributed by atoms with van der Waals surface area (Å²) in [6, 6.07) is 7.31. The third-order valence-corrected chi connectivity index (χ3v) is 13.6. The van der Waals surface area contributed by atoms with E-state index in [0.717, 1.165) is 18.8 Å². The first-order valence-corrected chi connectivity index (χ1v) is 15.8. The highest BCUT2D eigenvalue weighted by atomic mass is 32.2. The Bertz CT molecular complexity index is 855. The highest BCUT2D eigenvalue weighted by Crippen LogP contribution is 2.39. The fraction of sp³-hybridized carbons (Fsp3) is 0.682. The summed E-state index contributed by atoms with van der Waals surface area (Å²) in [4.78, 5) is 3.11. The molecule has 2 fully saturated rings. The summed E-state index contributed by atoms with van der Waals surface area (Å²) in [5, 5.41) is 0.0735. The van der Waals surface area contributed by atoms with Crippen molar-refractivity contribution in [2.24, 2.45) is 0 Å². The first-order chi connectivity index (χ1) is 13.9. The summed E-state index contributed by atoms with van der Waals surface area (Å²) >= 11 is 5.47. The van der Waals surface area contributed by atoms with Crippen molar-refractivity contribution in [3.05, 3.63) is 24.3 Å². The smallest absolute Gasteiger partial charge is 0.264 e. The van der Waals surface area contributed by atoms with E-state index in [1.54, 1.807) is 12.1 Å². The SMILES string of the molecule is CC(C)(C)[Si](C)(C)OC1CC(=S)N(S(=O)(=O)c2ccc(N3CCCCCC3)cc2)C1. The highest BCUT2D eigenvalue weighted by molar-refractivity contribution is 7.91. The van der Waals surface area contributed by atoms with Crippen LogP contribution in [0, 0.1) is 0 Å². The van der Waals surface area contributed by atoms with E-state index in [4.69, 9.17) is 16.6 Å². The fourth-order valence-corrected chi connectivity index (χ4v) is 7.18. The van der Waals surface area contributed by atoms with Crippen LogP contribution in [0.4, 0.5) is 5.69 Å². The second-order valence-electron chi connectivity index (χ2n) is 10.0. The van der Waals surface area contributed by atoms with Crippen molar-refractivity contribution in [1.82, 2.24) is 4.31 Å². The summed E-state index contributed by atoms with van der Waals surface area (Å²) in [6.45, 7) is 13.3. The van der Waals surface area contributed by atoms with Gasteiger partial charge in [0.05, 0.1) is 22.5 Å². The monoisotopic (exact) mass is 468 g/mol. The first-order valence-electron chi connectivity index (χ1n) is 11.0. The molecular formula is C22H36N2O3S2Si. The molecule has 30 heavy (non-hydrogen) atoms. The van der Waals surface area contributed by atoms with Crippen LogP contribution >= 0.6 is 12.2 Å². The minimum atomic E-state index is -3.66. The van der Waals surface area contributed by atoms with Gasteiger partial charge in [-0.15, -0.1) is 0 Å². The zero-order chi connectivity index (χ0) is 22.2. The Morgan fingerprint density at radius 3 is 2.13 bits per heavy atom. The lowest BCUT2D eigenvalue weighted by molar-refractivity contribution is 0.194. The maximum atomic E-state index is 13.3. The van der Waals surface area contributed by atoms with Crippen LogP contribution in [0.25, 0.3) is 0 Å². The molecule has 2 aliphatic heterocycles. The zero-order valence-corrected chi connectivity index (χ0v) is 21.6. The Morgan fingerprint density at radius 2 is 1.60 bits per heavy atom. The van der Waals surface area contributed by atoms with Gasteiger partial charge in [-0.1, -0.05) is 45.8 Å². The van der Waals surface area contributed by atoms with Crippen molar-refractivity contribution in [3.8, 4) is 0 Å². The maximum Gasteiger partial charge on any atom is 0.264 e.